The largest absolute Gasteiger partial charge is 0.341 e. The lowest BCUT2D eigenvalue weighted by atomic mass is 10.1. The molecule has 3 nitrogen and oxygen atoms in total. The molecule has 0 unspecified atom stereocenters. The molecule has 0 aliphatic carbocycles. The van der Waals surface area contributed by atoms with E-state index in [0.29, 0.717) is 6.04 Å². The van der Waals surface area contributed by atoms with Crippen LogP contribution in [-0.2, 0) is 6.54 Å². The molecule has 19 heavy (non-hydrogen) atoms. The van der Waals surface area contributed by atoms with Crippen LogP contribution in [0.3, 0.4) is 0 Å². The molecule has 1 heterocycles. The van der Waals surface area contributed by atoms with Crippen molar-refractivity contribution in [2.24, 2.45) is 0 Å². The van der Waals surface area contributed by atoms with E-state index >= 15 is 0 Å². The highest BCUT2D eigenvalue weighted by atomic mass is 32.2. The summed E-state index contributed by atoms with van der Waals surface area (Å²) < 4.78 is 0. The number of thioether (sulfide) groups is 1. The molecule has 1 aromatic heterocycles. The smallest absolute Gasteiger partial charge is 0.121 e. The van der Waals surface area contributed by atoms with Crippen molar-refractivity contribution in [3.63, 3.8) is 0 Å². The van der Waals surface area contributed by atoms with E-state index < -0.39 is 0 Å². The summed E-state index contributed by atoms with van der Waals surface area (Å²) in [5, 5.41) is 3.51. The first-order valence-electron chi connectivity index (χ1n) is 6.87. The maximum Gasteiger partial charge on any atom is 0.121 e. The van der Waals surface area contributed by atoms with E-state index in [0.717, 1.165) is 29.2 Å². The summed E-state index contributed by atoms with van der Waals surface area (Å²) in [4.78, 5) is 8.04. The molecule has 104 valence electrons. The molecular formula is C15H23N3S. The van der Waals surface area contributed by atoms with Gasteiger partial charge in [-0.15, -0.1) is 0 Å². The second-order valence-electron chi connectivity index (χ2n) is 5.08. The van der Waals surface area contributed by atoms with Crippen LogP contribution in [0.25, 0.3) is 11.0 Å². The maximum atomic E-state index is 4.64. The Hall–Kier alpha value is -1.00. The molecule has 0 fully saturated rings. The number of benzene rings is 1. The number of aromatic amines is 1. The molecule has 2 rings (SSSR count). The van der Waals surface area contributed by atoms with Gasteiger partial charge in [0.15, 0.2) is 0 Å². The molecule has 1 atom stereocenters. The van der Waals surface area contributed by atoms with E-state index in [1.165, 1.54) is 16.9 Å². The average molecular weight is 277 g/mol. The van der Waals surface area contributed by atoms with E-state index in [9.17, 15) is 0 Å². The van der Waals surface area contributed by atoms with E-state index in [1.54, 1.807) is 0 Å². The van der Waals surface area contributed by atoms with Gasteiger partial charge in [-0.25, -0.2) is 4.98 Å². The van der Waals surface area contributed by atoms with Crippen LogP contribution in [0.1, 0.15) is 30.8 Å². The summed E-state index contributed by atoms with van der Waals surface area (Å²) in [6.45, 7) is 9.49. The highest BCUT2D eigenvalue weighted by Gasteiger charge is 2.06. The number of nitrogens with zero attached hydrogens (tertiary/aromatic N) is 1. The van der Waals surface area contributed by atoms with Gasteiger partial charge in [0.05, 0.1) is 17.6 Å². The maximum absolute atomic E-state index is 4.64. The third-order valence-electron chi connectivity index (χ3n) is 3.34. The number of nitrogens with one attached hydrogen (secondary N) is 2. The molecule has 1 aromatic carbocycles. The first-order chi connectivity index (χ1) is 9.10. The third-order valence-corrected chi connectivity index (χ3v) is 4.48. The Morgan fingerprint density at radius 2 is 2.05 bits per heavy atom. The third kappa shape index (κ3) is 3.74. The van der Waals surface area contributed by atoms with Crippen molar-refractivity contribution < 1.29 is 0 Å². The second kappa shape index (κ2) is 6.44. The summed E-state index contributed by atoms with van der Waals surface area (Å²) in [7, 11) is 0. The molecule has 2 aromatic rings. The average Bonchev–Trinajstić information content (AvgIpc) is 2.76. The zero-order chi connectivity index (χ0) is 13.8. The summed E-state index contributed by atoms with van der Waals surface area (Å²) in [5.74, 6) is 3.35. The Labute approximate surface area is 119 Å². The van der Waals surface area contributed by atoms with Crippen molar-refractivity contribution in [2.45, 2.75) is 40.3 Å². The Bertz CT molecular complexity index is 509. The lowest BCUT2D eigenvalue weighted by Gasteiger charge is -2.11. The number of fused-ring (bicyclic) bond motifs is 1. The Kier molecular flexibility index (Phi) is 4.88. The minimum Gasteiger partial charge on any atom is -0.341 e. The lowest BCUT2D eigenvalue weighted by molar-refractivity contribution is 0.582. The van der Waals surface area contributed by atoms with E-state index in [4.69, 9.17) is 0 Å². The zero-order valence-electron chi connectivity index (χ0n) is 12.2. The van der Waals surface area contributed by atoms with Crippen molar-refractivity contribution >= 4 is 22.8 Å². The number of H-pyrrole nitrogens is 1. The fraction of sp³-hybridized carbons (Fsp3) is 0.533. The van der Waals surface area contributed by atoms with Crippen molar-refractivity contribution in [2.75, 3.05) is 11.5 Å². The molecule has 0 spiro atoms. The van der Waals surface area contributed by atoms with Crippen LogP contribution in [0, 0.1) is 13.8 Å². The van der Waals surface area contributed by atoms with Gasteiger partial charge in [-0.1, -0.05) is 6.92 Å². The molecule has 0 aliphatic rings. The molecule has 0 amide bonds. The van der Waals surface area contributed by atoms with Crippen LogP contribution in [-0.4, -0.2) is 27.5 Å². The Balaban J connectivity index is 2.01. The van der Waals surface area contributed by atoms with Crippen LogP contribution in [0.5, 0.6) is 0 Å². The van der Waals surface area contributed by atoms with Crippen LogP contribution >= 0.6 is 11.8 Å². The van der Waals surface area contributed by atoms with Crippen LogP contribution < -0.4 is 5.32 Å². The fourth-order valence-corrected chi connectivity index (χ4v) is 2.74. The summed E-state index contributed by atoms with van der Waals surface area (Å²) in [6, 6.07) is 4.85. The minimum atomic E-state index is 0.515. The predicted molar refractivity (Wildman–Crippen MR) is 84.9 cm³/mol. The Morgan fingerprint density at radius 3 is 2.79 bits per heavy atom. The number of aryl methyl sites for hydroxylation is 2. The highest BCUT2D eigenvalue weighted by Crippen LogP contribution is 2.17. The molecule has 4 heteroatoms. The number of rotatable bonds is 6. The number of aromatic nitrogens is 2. The summed E-state index contributed by atoms with van der Waals surface area (Å²) in [6.07, 6.45) is 0. The fourth-order valence-electron chi connectivity index (χ4n) is 2.03. The molecule has 0 saturated carbocycles. The molecule has 0 saturated heterocycles. The van der Waals surface area contributed by atoms with Gasteiger partial charge in [-0.3, -0.25) is 0 Å². The quantitative estimate of drug-likeness (QED) is 0.850. The number of imidazole rings is 1. The number of hydrogen-bond acceptors (Lipinski definition) is 3. The van der Waals surface area contributed by atoms with Crippen LogP contribution in [0.2, 0.25) is 0 Å². The van der Waals surface area contributed by atoms with Gasteiger partial charge >= 0.3 is 0 Å². The van der Waals surface area contributed by atoms with E-state index in [1.807, 2.05) is 11.8 Å². The van der Waals surface area contributed by atoms with Crippen molar-refractivity contribution in [1.82, 2.24) is 15.3 Å². The SMILES string of the molecule is CCSC[C@H](C)NCc1nc2cc(C)c(C)cc2[nH]1. The Morgan fingerprint density at radius 1 is 1.32 bits per heavy atom. The normalized spacial score (nSPS) is 13.1. The summed E-state index contributed by atoms with van der Waals surface area (Å²) >= 11 is 1.97. The van der Waals surface area contributed by atoms with Crippen LogP contribution in [0.4, 0.5) is 0 Å². The van der Waals surface area contributed by atoms with Gasteiger partial charge < -0.3 is 10.3 Å². The predicted octanol–water partition coefficient (Wildman–Crippen LogP) is 3.41. The van der Waals surface area contributed by atoms with Gasteiger partial charge in [0.2, 0.25) is 0 Å². The van der Waals surface area contributed by atoms with Crippen molar-refractivity contribution in [3.05, 3.63) is 29.1 Å². The van der Waals surface area contributed by atoms with Gasteiger partial charge in [0, 0.05) is 11.8 Å². The molecule has 0 radical (unpaired) electrons. The van der Waals surface area contributed by atoms with E-state index in [2.05, 4.69) is 55.1 Å². The zero-order valence-corrected chi connectivity index (χ0v) is 13.0. The molecule has 0 aliphatic heterocycles. The highest BCUT2D eigenvalue weighted by molar-refractivity contribution is 7.99. The first-order valence-corrected chi connectivity index (χ1v) is 8.02. The van der Waals surface area contributed by atoms with Gasteiger partial charge in [-0.2, -0.15) is 11.8 Å². The van der Waals surface area contributed by atoms with Crippen LogP contribution in [0.15, 0.2) is 12.1 Å². The molecular weight excluding hydrogens is 254 g/mol. The topological polar surface area (TPSA) is 40.7 Å². The second-order valence-corrected chi connectivity index (χ2v) is 6.40. The summed E-state index contributed by atoms with van der Waals surface area (Å²) in [5.41, 5.74) is 4.81. The van der Waals surface area contributed by atoms with E-state index in [-0.39, 0.29) is 0 Å². The minimum absolute atomic E-state index is 0.515. The lowest BCUT2D eigenvalue weighted by Crippen LogP contribution is -2.28. The van der Waals surface area contributed by atoms with Gasteiger partial charge in [0.25, 0.3) is 0 Å². The molecule has 2 N–H and O–H groups in total. The van der Waals surface area contributed by atoms with Crippen molar-refractivity contribution in [1.29, 1.82) is 0 Å². The monoisotopic (exact) mass is 277 g/mol. The number of hydrogen-bond donors (Lipinski definition) is 2. The van der Waals surface area contributed by atoms with Gasteiger partial charge in [0.1, 0.15) is 5.82 Å². The van der Waals surface area contributed by atoms with Gasteiger partial charge in [-0.05, 0) is 49.8 Å². The van der Waals surface area contributed by atoms with Crippen molar-refractivity contribution in [3.8, 4) is 0 Å². The molecule has 0 bridgehead atoms. The standard InChI is InChI=1S/C15H23N3S/c1-5-19-9-12(4)16-8-15-17-13-6-10(2)11(3)7-14(13)18-15/h6-7,12,16H,5,8-9H2,1-4H3,(H,17,18)/t12-/m0/s1. The first kappa shape index (κ1) is 14.4.